The predicted octanol–water partition coefficient (Wildman–Crippen LogP) is 2.52. The Morgan fingerprint density at radius 1 is 1.42 bits per heavy atom. The third-order valence-electron chi connectivity index (χ3n) is 2.78. The van der Waals surface area contributed by atoms with Crippen LogP contribution in [0.4, 0.5) is 0 Å². The number of nitrogens with one attached hydrogen (secondary N) is 1. The van der Waals surface area contributed by atoms with Crippen molar-refractivity contribution in [1.29, 1.82) is 0 Å². The summed E-state index contributed by atoms with van der Waals surface area (Å²) < 4.78 is 0. The summed E-state index contributed by atoms with van der Waals surface area (Å²) in [4.78, 5) is 20.3. The highest BCUT2D eigenvalue weighted by Crippen LogP contribution is 2.10. The van der Waals surface area contributed by atoms with Crippen LogP contribution in [0.5, 0.6) is 0 Å². The van der Waals surface area contributed by atoms with Crippen molar-refractivity contribution in [3.05, 3.63) is 45.7 Å². The van der Waals surface area contributed by atoms with Gasteiger partial charge in [0, 0.05) is 42.0 Å². The Balaban J connectivity index is 1.77. The minimum Gasteiger partial charge on any atom is -0.352 e. The zero-order valence-electron chi connectivity index (χ0n) is 11.1. The lowest BCUT2D eigenvalue weighted by Gasteiger charge is -2.06. The van der Waals surface area contributed by atoms with Crippen molar-refractivity contribution < 1.29 is 4.79 Å². The van der Waals surface area contributed by atoms with Crippen LogP contribution < -0.4 is 5.32 Å². The van der Waals surface area contributed by atoms with Crippen LogP contribution in [0.15, 0.2) is 23.8 Å². The van der Waals surface area contributed by atoms with Crippen molar-refractivity contribution in [1.82, 2.24) is 15.3 Å². The minimum absolute atomic E-state index is 0.0322. The van der Waals surface area contributed by atoms with E-state index in [9.17, 15) is 4.79 Å². The molecule has 0 saturated carbocycles. The average Bonchev–Trinajstić information content (AvgIpc) is 2.81. The monoisotopic (exact) mass is 275 g/mol. The topological polar surface area (TPSA) is 54.9 Å². The van der Waals surface area contributed by atoms with Crippen LogP contribution in [0.25, 0.3) is 0 Å². The Bertz CT molecular complexity index is 565. The van der Waals surface area contributed by atoms with Crippen molar-refractivity contribution in [2.24, 2.45) is 0 Å². The molecule has 0 radical (unpaired) electrons. The summed E-state index contributed by atoms with van der Waals surface area (Å²) in [5, 5.41) is 6.11. The molecule has 0 spiro atoms. The fourth-order valence-electron chi connectivity index (χ4n) is 1.78. The second kappa shape index (κ2) is 6.43. The predicted molar refractivity (Wildman–Crippen MR) is 76.5 cm³/mol. The van der Waals surface area contributed by atoms with E-state index in [2.05, 4.69) is 15.3 Å². The quantitative estimate of drug-likeness (QED) is 0.853. The molecule has 0 unspecified atom stereocenters. The molecule has 0 atom stereocenters. The second-order valence-electron chi connectivity index (χ2n) is 4.43. The molecule has 0 aromatic carbocycles. The maximum atomic E-state index is 11.9. The SMILES string of the molecule is Cc1csc(CCCNC(=O)c2ccncc2C)n1. The van der Waals surface area contributed by atoms with Gasteiger partial charge in [0.2, 0.25) is 0 Å². The number of carbonyl (C=O) groups excluding carboxylic acids is 1. The zero-order chi connectivity index (χ0) is 13.7. The summed E-state index contributed by atoms with van der Waals surface area (Å²) in [5.74, 6) is -0.0322. The molecular formula is C14H17N3OS. The number of hydrogen-bond acceptors (Lipinski definition) is 4. The molecular weight excluding hydrogens is 258 g/mol. The Hall–Kier alpha value is -1.75. The van der Waals surface area contributed by atoms with Crippen molar-refractivity contribution in [3.63, 3.8) is 0 Å². The van der Waals surface area contributed by atoms with Gasteiger partial charge in [0.15, 0.2) is 0 Å². The number of thiazole rings is 1. The van der Waals surface area contributed by atoms with E-state index in [0.29, 0.717) is 12.1 Å². The molecule has 100 valence electrons. The second-order valence-corrected chi connectivity index (χ2v) is 5.38. The van der Waals surface area contributed by atoms with E-state index < -0.39 is 0 Å². The molecule has 4 nitrogen and oxygen atoms in total. The molecule has 0 aliphatic rings. The number of aryl methyl sites for hydroxylation is 3. The minimum atomic E-state index is -0.0322. The molecule has 2 heterocycles. The normalized spacial score (nSPS) is 10.4. The van der Waals surface area contributed by atoms with Crippen LogP contribution in [-0.4, -0.2) is 22.4 Å². The molecule has 0 aliphatic carbocycles. The third-order valence-corrected chi connectivity index (χ3v) is 3.81. The summed E-state index contributed by atoms with van der Waals surface area (Å²) in [6, 6.07) is 1.74. The number of hydrogen-bond donors (Lipinski definition) is 1. The Kier molecular flexibility index (Phi) is 4.63. The average molecular weight is 275 g/mol. The molecule has 5 heteroatoms. The maximum absolute atomic E-state index is 11.9. The summed E-state index contributed by atoms with van der Waals surface area (Å²) in [7, 11) is 0. The Morgan fingerprint density at radius 2 is 2.26 bits per heavy atom. The third kappa shape index (κ3) is 3.86. The van der Waals surface area contributed by atoms with Crippen LogP contribution in [-0.2, 0) is 6.42 Å². The van der Waals surface area contributed by atoms with Crippen LogP contribution in [0, 0.1) is 13.8 Å². The molecule has 0 bridgehead atoms. The number of aromatic nitrogens is 2. The van der Waals surface area contributed by atoms with Gasteiger partial charge in [-0.05, 0) is 31.9 Å². The first kappa shape index (κ1) is 13.7. The van der Waals surface area contributed by atoms with Gasteiger partial charge in [0.05, 0.1) is 5.01 Å². The van der Waals surface area contributed by atoms with E-state index in [4.69, 9.17) is 0 Å². The summed E-state index contributed by atoms with van der Waals surface area (Å²) >= 11 is 1.68. The van der Waals surface area contributed by atoms with Gasteiger partial charge in [-0.1, -0.05) is 0 Å². The van der Waals surface area contributed by atoms with Crippen molar-refractivity contribution in [2.75, 3.05) is 6.54 Å². The maximum Gasteiger partial charge on any atom is 0.251 e. The first-order valence-electron chi connectivity index (χ1n) is 6.26. The molecule has 2 aromatic heterocycles. The molecule has 0 fully saturated rings. The van der Waals surface area contributed by atoms with Crippen LogP contribution >= 0.6 is 11.3 Å². The van der Waals surface area contributed by atoms with Gasteiger partial charge in [0.1, 0.15) is 0 Å². The highest BCUT2D eigenvalue weighted by molar-refractivity contribution is 7.09. The summed E-state index contributed by atoms with van der Waals surface area (Å²) in [5.41, 5.74) is 2.66. The van der Waals surface area contributed by atoms with E-state index in [0.717, 1.165) is 29.1 Å². The van der Waals surface area contributed by atoms with Gasteiger partial charge in [-0.25, -0.2) is 4.98 Å². The molecule has 2 rings (SSSR count). The number of amides is 1. The molecule has 0 aliphatic heterocycles. The van der Waals surface area contributed by atoms with Gasteiger partial charge in [-0.3, -0.25) is 9.78 Å². The van der Waals surface area contributed by atoms with Crippen molar-refractivity contribution >= 4 is 17.2 Å². The van der Waals surface area contributed by atoms with E-state index in [-0.39, 0.29) is 5.91 Å². The van der Waals surface area contributed by atoms with Gasteiger partial charge >= 0.3 is 0 Å². The fraction of sp³-hybridized carbons (Fsp3) is 0.357. The number of carbonyl (C=O) groups is 1. The number of pyridine rings is 1. The van der Waals surface area contributed by atoms with Gasteiger partial charge in [-0.15, -0.1) is 11.3 Å². The molecule has 1 N–H and O–H groups in total. The lowest BCUT2D eigenvalue weighted by atomic mass is 10.1. The number of rotatable bonds is 5. The van der Waals surface area contributed by atoms with Crippen molar-refractivity contribution in [2.45, 2.75) is 26.7 Å². The molecule has 19 heavy (non-hydrogen) atoms. The smallest absolute Gasteiger partial charge is 0.251 e. The first-order chi connectivity index (χ1) is 9.16. The van der Waals surface area contributed by atoms with E-state index in [1.54, 1.807) is 29.8 Å². The Labute approximate surface area is 116 Å². The van der Waals surface area contributed by atoms with Gasteiger partial charge < -0.3 is 5.32 Å². The van der Waals surface area contributed by atoms with Gasteiger partial charge in [-0.2, -0.15) is 0 Å². The van der Waals surface area contributed by atoms with Crippen molar-refractivity contribution in [3.8, 4) is 0 Å². The highest BCUT2D eigenvalue weighted by Gasteiger charge is 2.07. The van der Waals surface area contributed by atoms with Crippen LogP contribution in [0.3, 0.4) is 0 Å². The first-order valence-corrected chi connectivity index (χ1v) is 7.14. The standard InChI is InChI=1S/C14H17N3OS/c1-10-8-15-7-5-12(10)14(18)16-6-3-4-13-17-11(2)9-19-13/h5,7-9H,3-4,6H2,1-2H3,(H,16,18). The van der Waals surface area contributed by atoms with E-state index >= 15 is 0 Å². The zero-order valence-corrected chi connectivity index (χ0v) is 12.0. The van der Waals surface area contributed by atoms with Crippen LogP contribution in [0.2, 0.25) is 0 Å². The summed E-state index contributed by atoms with van der Waals surface area (Å²) in [6.07, 6.45) is 5.16. The lowest BCUT2D eigenvalue weighted by Crippen LogP contribution is -2.25. The summed E-state index contributed by atoms with van der Waals surface area (Å²) in [6.45, 7) is 4.55. The fourth-order valence-corrected chi connectivity index (χ4v) is 2.60. The largest absolute Gasteiger partial charge is 0.352 e. The lowest BCUT2D eigenvalue weighted by molar-refractivity contribution is 0.0952. The molecule has 0 saturated heterocycles. The Morgan fingerprint density at radius 3 is 2.95 bits per heavy atom. The highest BCUT2D eigenvalue weighted by atomic mass is 32.1. The van der Waals surface area contributed by atoms with Gasteiger partial charge in [0.25, 0.3) is 5.91 Å². The van der Waals surface area contributed by atoms with Crippen LogP contribution in [0.1, 0.15) is 33.0 Å². The van der Waals surface area contributed by atoms with E-state index in [1.165, 1.54) is 0 Å². The van der Waals surface area contributed by atoms with E-state index in [1.807, 2.05) is 19.2 Å². The molecule has 2 aromatic rings. The number of nitrogens with zero attached hydrogens (tertiary/aromatic N) is 2. The molecule has 1 amide bonds.